The average Bonchev–Trinajstić information content (AvgIpc) is 1.88. The maximum absolute atomic E-state index is 10.7. The molecule has 1 unspecified atom stereocenters. The first-order valence-electron chi connectivity index (χ1n) is 3.62. The lowest BCUT2D eigenvalue weighted by atomic mass is 10.0. The second-order valence-corrected chi connectivity index (χ2v) is 2.61. The van der Waals surface area contributed by atoms with Crippen LogP contribution in [0.4, 0.5) is 0 Å². The van der Waals surface area contributed by atoms with Crippen molar-refractivity contribution in [3.8, 4) is 0 Å². The van der Waals surface area contributed by atoms with Crippen molar-refractivity contribution in [2.75, 3.05) is 6.54 Å². The molecule has 0 amide bonds. The van der Waals surface area contributed by atoms with Crippen LogP contribution >= 0.6 is 0 Å². The molecule has 0 saturated carbocycles. The number of hydrogen-bond donors (Lipinski definition) is 2. The second-order valence-electron chi connectivity index (χ2n) is 2.61. The molecule has 0 aromatic rings. The van der Waals surface area contributed by atoms with Crippen molar-refractivity contribution in [3.05, 3.63) is 0 Å². The smallest absolute Gasteiger partial charge is 0.132 e. The molecular formula is C7H16N2O. The van der Waals surface area contributed by atoms with Crippen molar-refractivity contribution >= 4 is 5.78 Å². The number of Topliss-reactive ketones (excluding diaryl/α,β-unsaturated/α-hetero) is 1. The van der Waals surface area contributed by atoms with Crippen molar-refractivity contribution in [1.29, 1.82) is 0 Å². The Hall–Kier alpha value is -0.410. The molecule has 0 spiro atoms. The Kier molecular flexibility index (Phi) is 5.16. The number of rotatable bonds is 5. The Morgan fingerprint density at radius 3 is 2.70 bits per heavy atom. The van der Waals surface area contributed by atoms with Crippen LogP contribution in [0, 0.1) is 5.92 Å². The molecule has 1 atom stereocenters. The van der Waals surface area contributed by atoms with Gasteiger partial charge >= 0.3 is 0 Å². The van der Waals surface area contributed by atoms with Crippen LogP contribution in [0.5, 0.6) is 0 Å². The number of hydrazine groups is 1. The molecule has 0 aromatic carbocycles. The fourth-order valence-corrected chi connectivity index (χ4v) is 0.714. The summed E-state index contributed by atoms with van der Waals surface area (Å²) in [6, 6.07) is 0. The summed E-state index contributed by atoms with van der Waals surface area (Å²) in [4.78, 5) is 10.7. The SMILES string of the molecule is CC(=O)C(C)CCCNN. The average molecular weight is 144 g/mol. The van der Waals surface area contributed by atoms with Gasteiger partial charge < -0.3 is 0 Å². The zero-order valence-corrected chi connectivity index (χ0v) is 6.68. The van der Waals surface area contributed by atoms with E-state index in [9.17, 15) is 4.79 Å². The Morgan fingerprint density at radius 1 is 1.70 bits per heavy atom. The number of ketones is 1. The van der Waals surface area contributed by atoms with E-state index < -0.39 is 0 Å². The molecule has 0 aromatic heterocycles. The summed E-state index contributed by atoms with van der Waals surface area (Å²) in [7, 11) is 0. The third-order valence-corrected chi connectivity index (χ3v) is 1.65. The normalized spacial score (nSPS) is 13.1. The quantitative estimate of drug-likeness (QED) is 0.335. The molecular weight excluding hydrogens is 128 g/mol. The van der Waals surface area contributed by atoms with E-state index in [1.54, 1.807) is 6.92 Å². The molecule has 3 nitrogen and oxygen atoms in total. The predicted molar refractivity (Wildman–Crippen MR) is 41.3 cm³/mol. The first kappa shape index (κ1) is 9.59. The number of nitrogens with one attached hydrogen (secondary N) is 1. The molecule has 10 heavy (non-hydrogen) atoms. The Balaban J connectivity index is 3.21. The Labute approximate surface area is 62.0 Å². The van der Waals surface area contributed by atoms with Crippen molar-refractivity contribution in [2.45, 2.75) is 26.7 Å². The topological polar surface area (TPSA) is 55.1 Å². The number of carbonyl (C=O) groups is 1. The molecule has 3 N–H and O–H groups in total. The van der Waals surface area contributed by atoms with E-state index in [4.69, 9.17) is 5.84 Å². The standard InChI is InChI=1S/C7H16N2O/c1-6(7(2)10)4-3-5-9-8/h6,9H,3-5,8H2,1-2H3. The lowest BCUT2D eigenvalue weighted by Crippen LogP contribution is -2.23. The lowest BCUT2D eigenvalue weighted by Gasteiger charge is -2.05. The maximum atomic E-state index is 10.7. The highest BCUT2D eigenvalue weighted by Crippen LogP contribution is 2.04. The van der Waals surface area contributed by atoms with Crippen molar-refractivity contribution < 1.29 is 4.79 Å². The zero-order valence-electron chi connectivity index (χ0n) is 6.68. The van der Waals surface area contributed by atoms with Gasteiger partial charge in [-0.25, -0.2) is 0 Å². The van der Waals surface area contributed by atoms with Crippen molar-refractivity contribution in [3.63, 3.8) is 0 Å². The van der Waals surface area contributed by atoms with Gasteiger partial charge in [-0.05, 0) is 19.8 Å². The van der Waals surface area contributed by atoms with Crippen LogP contribution in [0.1, 0.15) is 26.7 Å². The van der Waals surface area contributed by atoms with Crippen molar-refractivity contribution in [1.82, 2.24) is 5.43 Å². The van der Waals surface area contributed by atoms with E-state index >= 15 is 0 Å². The van der Waals surface area contributed by atoms with Gasteiger partial charge in [-0.2, -0.15) is 0 Å². The summed E-state index contributed by atoms with van der Waals surface area (Å²) in [6.07, 6.45) is 1.90. The predicted octanol–water partition coefficient (Wildman–Crippen LogP) is 0.455. The molecule has 0 bridgehead atoms. The molecule has 0 radical (unpaired) electrons. The number of nitrogens with two attached hydrogens (primary N) is 1. The molecule has 60 valence electrons. The van der Waals surface area contributed by atoms with Gasteiger partial charge in [-0.15, -0.1) is 0 Å². The van der Waals surface area contributed by atoms with E-state index in [1.807, 2.05) is 6.92 Å². The summed E-state index contributed by atoms with van der Waals surface area (Å²) < 4.78 is 0. The number of carbonyl (C=O) groups excluding carboxylic acids is 1. The molecule has 0 saturated heterocycles. The van der Waals surface area contributed by atoms with Gasteiger partial charge in [0.2, 0.25) is 0 Å². The van der Waals surface area contributed by atoms with Crippen LogP contribution in [-0.4, -0.2) is 12.3 Å². The first-order valence-corrected chi connectivity index (χ1v) is 3.62. The van der Waals surface area contributed by atoms with Gasteiger partial charge in [0.15, 0.2) is 0 Å². The zero-order chi connectivity index (χ0) is 7.98. The third kappa shape index (κ3) is 4.47. The molecule has 0 fully saturated rings. The van der Waals surface area contributed by atoms with Crippen LogP contribution in [0.2, 0.25) is 0 Å². The highest BCUT2D eigenvalue weighted by atomic mass is 16.1. The third-order valence-electron chi connectivity index (χ3n) is 1.65. The fourth-order valence-electron chi connectivity index (χ4n) is 0.714. The van der Waals surface area contributed by atoms with E-state index in [1.165, 1.54) is 0 Å². The molecule has 0 aliphatic rings. The summed E-state index contributed by atoms with van der Waals surface area (Å²) in [6.45, 7) is 4.36. The van der Waals surface area contributed by atoms with Crippen LogP contribution in [0.25, 0.3) is 0 Å². The number of hydrogen-bond acceptors (Lipinski definition) is 3. The summed E-state index contributed by atoms with van der Waals surface area (Å²) in [5.74, 6) is 5.51. The Morgan fingerprint density at radius 2 is 2.30 bits per heavy atom. The molecule has 0 heterocycles. The van der Waals surface area contributed by atoms with Crippen LogP contribution in [0.15, 0.2) is 0 Å². The van der Waals surface area contributed by atoms with E-state index in [2.05, 4.69) is 5.43 Å². The second kappa shape index (κ2) is 5.38. The molecule has 0 rings (SSSR count). The summed E-state index contributed by atoms with van der Waals surface area (Å²) >= 11 is 0. The van der Waals surface area contributed by atoms with E-state index in [0.29, 0.717) is 0 Å². The van der Waals surface area contributed by atoms with Gasteiger partial charge in [0.25, 0.3) is 0 Å². The first-order chi connectivity index (χ1) is 4.68. The van der Waals surface area contributed by atoms with Gasteiger partial charge in [-0.1, -0.05) is 6.92 Å². The van der Waals surface area contributed by atoms with Gasteiger partial charge in [-0.3, -0.25) is 16.1 Å². The maximum Gasteiger partial charge on any atom is 0.132 e. The van der Waals surface area contributed by atoms with Crippen LogP contribution in [0.3, 0.4) is 0 Å². The minimum Gasteiger partial charge on any atom is -0.300 e. The Bertz CT molecular complexity index is 104. The lowest BCUT2D eigenvalue weighted by molar-refractivity contribution is -0.120. The highest BCUT2D eigenvalue weighted by Gasteiger charge is 2.05. The summed E-state index contributed by atoms with van der Waals surface area (Å²) in [5, 5.41) is 0. The monoisotopic (exact) mass is 144 g/mol. The molecule has 0 aliphatic heterocycles. The fraction of sp³-hybridized carbons (Fsp3) is 0.857. The molecule has 0 aliphatic carbocycles. The van der Waals surface area contributed by atoms with Crippen LogP contribution in [-0.2, 0) is 4.79 Å². The van der Waals surface area contributed by atoms with Gasteiger partial charge in [0.1, 0.15) is 5.78 Å². The van der Waals surface area contributed by atoms with Crippen molar-refractivity contribution in [2.24, 2.45) is 11.8 Å². The van der Waals surface area contributed by atoms with Crippen LogP contribution < -0.4 is 11.3 Å². The van der Waals surface area contributed by atoms with E-state index in [-0.39, 0.29) is 11.7 Å². The summed E-state index contributed by atoms with van der Waals surface area (Å²) in [5.41, 5.74) is 2.55. The van der Waals surface area contributed by atoms with E-state index in [0.717, 1.165) is 19.4 Å². The largest absolute Gasteiger partial charge is 0.300 e. The highest BCUT2D eigenvalue weighted by molar-refractivity contribution is 5.77. The molecule has 3 heteroatoms. The van der Waals surface area contributed by atoms with Gasteiger partial charge in [0.05, 0.1) is 0 Å². The minimum absolute atomic E-state index is 0.188. The minimum atomic E-state index is 0.188. The van der Waals surface area contributed by atoms with Gasteiger partial charge in [0, 0.05) is 12.5 Å².